The largest absolute Gasteiger partial charge is 0.469 e. The molecule has 0 bridgehead atoms. The molecule has 0 aromatic heterocycles. The molecule has 0 fully saturated rings. The summed E-state index contributed by atoms with van der Waals surface area (Å²) in [5.74, 6) is -0.226. The van der Waals surface area contributed by atoms with Crippen molar-refractivity contribution in [2.75, 3.05) is 7.11 Å². The highest BCUT2D eigenvalue weighted by Crippen LogP contribution is 1.88. The number of rotatable bonds is 4. The highest BCUT2D eigenvalue weighted by Gasteiger charge is 1.91. The Hall–Kier alpha value is -0.830. The van der Waals surface area contributed by atoms with Crippen LogP contribution in [0.3, 0.4) is 0 Å². The van der Waals surface area contributed by atoms with Crippen LogP contribution < -0.4 is 0 Å². The first kappa shape index (κ1) is 11.2. The topological polar surface area (TPSA) is 26.3 Å². The summed E-state index contributed by atoms with van der Waals surface area (Å²) in [6.07, 6.45) is 9.37. The number of halogens is 1. The average molecular weight is 231 g/mol. The number of esters is 1. The minimum atomic E-state index is -0.226. The van der Waals surface area contributed by atoms with Crippen molar-refractivity contribution in [1.82, 2.24) is 0 Å². The van der Waals surface area contributed by atoms with Gasteiger partial charge in [-0.1, -0.05) is 46.3 Å². The first-order chi connectivity index (χ1) is 5.81. The number of ether oxygens (including phenoxy) is 1. The predicted molar refractivity (Wildman–Crippen MR) is 53.0 cm³/mol. The minimum Gasteiger partial charge on any atom is -0.469 e. The number of carbonyl (C=O) groups excluding carboxylic acids is 1. The molecule has 0 atom stereocenters. The van der Waals surface area contributed by atoms with Gasteiger partial charge in [0.25, 0.3) is 0 Å². The molecule has 0 saturated carbocycles. The zero-order valence-corrected chi connectivity index (χ0v) is 8.45. The average Bonchev–Trinajstić information content (AvgIpc) is 2.10. The van der Waals surface area contributed by atoms with E-state index in [4.69, 9.17) is 0 Å². The second-order valence-electron chi connectivity index (χ2n) is 1.91. The van der Waals surface area contributed by atoms with Crippen LogP contribution in [-0.2, 0) is 9.53 Å². The van der Waals surface area contributed by atoms with E-state index >= 15 is 0 Å². The van der Waals surface area contributed by atoms with E-state index in [-0.39, 0.29) is 5.97 Å². The molecule has 0 aliphatic rings. The number of methoxy groups -OCH3 is 1. The van der Waals surface area contributed by atoms with Gasteiger partial charge in [0.2, 0.25) is 0 Å². The summed E-state index contributed by atoms with van der Waals surface area (Å²) in [6, 6.07) is 0. The van der Waals surface area contributed by atoms with Crippen molar-refractivity contribution in [2.45, 2.75) is 6.42 Å². The van der Waals surface area contributed by atoms with Crippen LogP contribution in [0.25, 0.3) is 0 Å². The van der Waals surface area contributed by atoms with Gasteiger partial charge in [0.1, 0.15) is 0 Å². The summed E-state index contributed by atoms with van der Waals surface area (Å²) < 4.78 is 4.44. The van der Waals surface area contributed by atoms with Gasteiger partial charge in [-0.05, 0) is 4.99 Å². The van der Waals surface area contributed by atoms with Crippen molar-refractivity contribution in [3.63, 3.8) is 0 Å². The predicted octanol–water partition coefficient (Wildman–Crippen LogP) is 2.57. The maximum absolute atomic E-state index is 10.6. The Bertz CT molecular complexity index is 205. The van der Waals surface area contributed by atoms with Crippen LogP contribution in [0.1, 0.15) is 6.42 Å². The molecule has 3 heteroatoms. The Balaban J connectivity index is 3.56. The van der Waals surface area contributed by atoms with Crippen molar-refractivity contribution in [2.24, 2.45) is 0 Å². The number of hydrogen-bond donors (Lipinski definition) is 0. The molecule has 0 N–H and O–H groups in total. The van der Waals surface area contributed by atoms with Gasteiger partial charge in [0.15, 0.2) is 0 Å². The van der Waals surface area contributed by atoms with Crippen molar-refractivity contribution in [1.29, 1.82) is 0 Å². The van der Waals surface area contributed by atoms with Crippen molar-refractivity contribution in [3.8, 4) is 0 Å². The normalized spacial score (nSPS) is 11.8. The fraction of sp³-hybridized carbons (Fsp3) is 0.222. The molecule has 0 heterocycles. The quantitative estimate of drug-likeness (QED) is 0.549. The van der Waals surface area contributed by atoms with Gasteiger partial charge in [-0.2, -0.15) is 0 Å². The van der Waals surface area contributed by atoms with Crippen LogP contribution in [0, 0.1) is 0 Å². The van der Waals surface area contributed by atoms with Gasteiger partial charge in [-0.25, -0.2) is 0 Å². The zero-order chi connectivity index (χ0) is 9.23. The van der Waals surface area contributed by atoms with E-state index in [0.717, 1.165) is 0 Å². The SMILES string of the molecule is COC(=O)C/C=C/C=C/C=C\Br. The van der Waals surface area contributed by atoms with E-state index in [1.807, 2.05) is 18.2 Å². The monoisotopic (exact) mass is 230 g/mol. The lowest BCUT2D eigenvalue weighted by atomic mass is 10.3. The van der Waals surface area contributed by atoms with E-state index in [9.17, 15) is 4.79 Å². The lowest BCUT2D eigenvalue weighted by Crippen LogP contribution is -1.96. The number of carbonyl (C=O) groups is 1. The molecule has 0 aliphatic heterocycles. The van der Waals surface area contributed by atoms with Gasteiger partial charge in [-0.3, -0.25) is 4.79 Å². The van der Waals surface area contributed by atoms with Crippen LogP contribution in [0.15, 0.2) is 35.4 Å². The van der Waals surface area contributed by atoms with Crippen molar-refractivity contribution in [3.05, 3.63) is 35.4 Å². The Morgan fingerprint density at radius 1 is 1.33 bits per heavy atom. The maximum Gasteiger partial charge on any atom is 0.309 e. The smallest absolute Gasteiger partial charge is 0.309 e. The van der Waals surface area contributed by atoms with E-state index in [0.29, 0.717) is 6.42 Å². The molecule has 0 saturated heterocycles. The molecule has 0 radical (unpaired) electrons. The molecule has 0 spiro atoms. The van der Waals surface area contributed by atoms with Crippen LogP contribution in [0.5, 0.6) is 0 Å². The molecule has 0 aromatic carbocycles. The summed E-state index contributed by atoms with van der Waals surface area (Å²) in [4.78, 5) is 12.3. The first-order valence-electron chi connectivity index (χ1n) is 3.46. The van der Waals surface area contributed by atoms with Crippen molar-refractivity contribution >= 4 is 21.9 Å². The Morgan fingerprint density at radius 2 is 2.00 bits per heavy atom. The first-order valence-corrected chi connectivity index (χ1v) is 4.38. The second kappa shape index (κ2) is 8.27. The molecule has 2 nitrogen and oxygen atoms in total. The Kier molecular flexibility index (Phi) is 7.70. The molecular weight excluding hydrogens is 220 g/mol. The van der Waals surface area contributed by atoms with E-state index < -0.39 is 0 Å². The molecule has 0 amide bonds. The fourth-order valence-corrected chi connectivity index (χ4v) is 0.673. The minimum absolute atomic E-state index is 0.226. The summed E-state index contributed by atoms with van der Waals surface area (Å²) >= 11 is 3.12. The summed E-state index contributed by atoms with van der Waals surface area (Å²) in [7, 11) is 1.37. The molecule has 0 aromatic rings. The molecule has 12 heavy (non-hydrogen) atoms. The Morgan fingerprint density at radius 3 is 2.58 bits per heavy atom. The lowest BCUT2D eigenvalue weighted by Gasteiger charge is -1.89. The third-order valence-electron chi connectivity index (χ3n) is 1.05. The van der Waals surface area contributed by atoms with Gasteiger partial charge in [0.05, 0.1) is 13.5 Å². The molecule has 0 unspecified atom stereocenters. The summed E-state index contributed by atoms with van der Waals surface area (Å²) in [5.41, 5.74) is 0. The molecular formula is C9H11BrO2. The lowest BCUT2D eigenvalue weighted by molar-refractivity contribution is -0.139. The zero-order valence-electron chi connectivity index (χ0n) is 6.87. The third-order valence-corrected chi connectivity index (χ3v) is 1.36. The van der Waals surface area contributed by atoms with E-state index in [1.165, 1.54) is 7.11 Å². The fourth-order valence-electron chi connectivity index (χ4n) is 0.496. The third kappa shape index (κ3) is 7.28. The molecule has 0 rings (SSSR count). The van der Waals surface area contributed by atoms with Crippen LogP contribution in [0.4, 0.5) is 0 Å². The highest BCUT2D eigenvalue weighted by molar-refractivity contribution is 9.11. The number of allylic oxidation sites excluding steroid dienone is 4. The van der Waals surface area contributed by atoms with Crippen molar-refractivity contribution < 1.29 is 9.53 Å². The van der Waals surface area contributed by atoms with Gasteiger partial charge in [-0.15, -0.1) is 0 Å². The van der Waals surface area contributed by atoms with Crippen LogP contribution >= 0.6 is 15.9 Å². The van der Waals surface area contributed by atoms with Gasteiger partial charge >= 0.3 is 5.97 Å². The van der Waals surface area contributed by atoms with Gasteiger partial charge < -0.3 is 4.74 Å². The molecule has 66 valence electrons. The summed E-state index contributed by atoms with van der Waals surface area (Å²) in [6.45, 7) is 0. The standard InChI is InChI=1S/C9H11BrO2/c1-12-9(11)7-5-3-2-4-6-8-10/h2-6,8H,7H2,1H3/b4-2+,5-3+,8-6-. The van der Waals surface area contributed by atoms with E-state index in [1.54, 1.807) is 17.1 Å². The van der Waals surface area contributed by atoms with Crippen LogP contribution in [0.2, 0.25) is 0 Å². The second-order valence-corrected chi connectivity index (χ2v) is 2.44. The van der Waals surface area contributed by atoms with E-state index in [2.05, 4.69) is 20.7 Å². The highest BCUT2D eigenvalue weighted by atomic mass is 79.9. The molecule has 0 aliphatic carbocycles. The Labute approximate surface area is 80.7 Å². The van der Waals surface area contributed by atoms with Gasteiger partial charge in [0, 0.05) is 0 Å². The maximum atomic E-state index is 10.6. The number of hydrogen-bond acceptors (Lipinski definition) is 2. The van der Waals surface area contributed by atoms with Crippen LogP contribution in [-0.4, -0.2) is 13.1 Å². The summed E-state index contributed by atoms with van der Waals surface area (Å²) in [5, 5.41) is 0.